The van der Waals surface area contributed by atoms with Crippen molar-refractivity contribution in [3.8, 4) is 5.75 Å². The molecule has 0 saturated carbocycles. The molecule has 3 rings (SSSR count). The van der Waals surface area contributed by atoms with Gasteiger partial charge in [0.1, 0.15) is 11.4 Å². The molecule has 0 aromatic heterocycles. The van der Waals surface area contributed by atoms with Gasteiger partial charge in [-0.25, -0.2) is 4.79 Å². The lowest BCUT2D eigenvalue weighted by molar-refractivity contribution is -0.116. The molecular weight excluding hydrogens is 304 g/mol. The average Bonchev–Trinajstić information content (AvgIpc) is 2.85. The minimum absolute atomic E-state index is 0.341. The van der Waals surface area contributed by atoms with E-state index in [9.17, 15) is 9.59 Å². The number of hydrogen-bond donors (Lipinski definition) is 1. The number of amides is 3. The zero-order valence-corrected chi connectivity index (χ0v) is 13.4. The molecule has 5 nitrogen and oxygen atoms in total. The Labute approximate surface area is 140 Å². The Morgan fingerprint density at radius 3 is 2.42 bits per heavy atom. The fourth-order valence-corrected chi connectivity index (χ4v) is 2.51. The highest BCUT2D eigenvalue weighted by molar-refractivity contribution is 6.13. The Balaban J connectivity index is 1.85. The summed E-state index contributed by atoms with van der Waals surface area (Å²) in [5, 5.41) is 2.34. The number of ether oxygens (including phenoxy) is 1. The Morgan fingerprint density at radius 2 is 1.75 bits per heavy atom. The summed E-state index contributed by atoms with van der Waals surface area (Å²) in [6.07, 6.45) is 1.71. The summed E-state index contributed by atoms with van der Waals surface area (Å²) < 4.78 is 5.40. The number of urea groups is 1. The highest BCUT2D eigenvalue weighted by atomic mass is 16.5. The molecular formula is C19H18N2O3. The SMILES string of the molecule is CCOc1ccc(/C=C2/C(=O)NC(=O)N2Cc2ccccc2)cc1. The molecule has 0 bridgehead atoms. The largest absolute Gasteiger partial charge is 0.494 e. The number of rotatable bonds is 5. The second kappa shape index (κ2) is 7.00. The number of nitrogens with one attached hydrogen (secondary N) is 1. The number of benzene rings is 2. The predicted molar refractivity (Wildman–Crippen MR) is 91.1 cm³/mol. The van der Waals surface area contributed by atoms with Gasteiger partial charge in [-0.05, 0) is 36.3 Å². The number of carbonyl (C=O) groups is 2. The van der Waals surface area contributed by atoms with Crippen LogP contribution in [0.1, 0.15) is 18.1 Å². The van der Waals surface area contributed by atoms with Gasteiger partial charge in [0.2, 0.25) is 0 Å². The standard InChI is InChI=1S/C19H18N2O3/c1-2-24-16-10-8-14(9-11-16)12-17-18(22)20-19(23)21(17)13-15-6-4-3-5-7-15/h3-12H,2,13H2,1H3,(H,20,22,23)/b17-12-. The van der Waals surface area contributed by atoms with Gasteiger partial charge < -0.3 is 4.74 Å². The molecule has 1 saturated heterocycles. The van der Waals surface area contributed by atoms with Gasteiger partial charge >= 0.3 is 6.03 Å². The molecule has 1 N–H and O–H groups in total. The van der Waals surface area contributed by atoms with Crippen molar-refractivity contribution in [1.29, 1.82) is 0 Å². The number of hydrogen-bond acceptors (Lipinski definition) is 3. The first-order chi connectivity index (χ1) is 11.7. The van der Waals surface area contributed by atoms with Crippen molar-refractivity contribution in [2.75, 3.05) is 6.61 Å². The number of carbonyl (C=O) groups excluding carboxylic acids is 2. The van der Waals surface area contributed by atoms with Crippen molar-refractivity contribution in [1.82, 2.24) is 10.2 Å². The van der Waals surface area contributed by atoms with Crippen molar-refractivity contribution < 1.29 is 14.3 Å². The van der Waals surface area contributed by atoms with Crippen LogP contribution in [0.25, 0.3) is 6.08 Å². The van der Waals surface area contributed by atoms with E-state index in [0.29, 0.717) is 18.8 Å². The van der Waals surface area contributed by atoms with Crippen molar-refractivity contribution in [2.45, 2.75) is 13.5 Å². The maximum absolute atomic E-state index is 12.1. The molecule has 0 spiro atoms. The number of imide groups is 1. The molecule has 3 amide bonds. The van der Waals surface area contributed by atoms with Crippen LogP contribution in [0.5, 0.6) is 5.75 Å². The van der Waals surface area contributed by atoms with Gasteiger partial charge in [-0.3, -0.25) is 15.0 Å². The van der Waals surface area contributed by atoms with Gasteiger partial charge in [0.05, 0.1) is 13.2 Å². The summed E-state index contributed by atoms with van der Waals surface area (Å²) in [5.41, 5.74) is 2.13. The molecule has 0 atom stereocenters. The molecule has 0 aliphatic carbocycles. The third-order valence-corrected chi connectivity index (χ3v) is 3.67. The predicted octanol–water partition coefficient (Wildman–Crippen LogP) is 3.18. The molecule has 0 unspecified atom stereocenters. The Hall–Kier alpha value is -3.08. The summed E-state index contributed by atoms with van der Waals surface area (Å²) in [5.74, 6) is 0.387. The lowest BCUT2D eigenvalue weighted by Gasteiger charge is -2.15. The van der Waals surface area contributed by atoms with Crippen LogP contribution in [0.15, 0.2) is 60.3 Å². The summed E-state index contributed by atoms with van der Waals surface area (Å²) in [6, 6.07) is 16.6. The van der Waals surface area contributed by atoms with E-state index in [1.807, 2.05) is 61.5 Å². The molecule has 1 aliphatic heterocycles. The minimum Gasteiger partial charge on any atom is -0.494 e. The van der Waals surface area contributed by atoms with E-state index in [1.54, 1.807) is 6.08 Å². The van der Waals surface area contributed by atoms with E-state index in [4.69, 9.17) is 4.74 Å². The highest BCUT2D eigenvalue weighted by Crippen LogP contribution is 2.21. The molecule has 1 heterocycles. The first-order valence-electron chi connectivity index (χ1n) is 7.78. The molecule has 122 valence electrons. The Bertz CT molecular complexity index is 767. The topological polar surface area (TPSA) is 58.6 Å². The second-order valence-corrected chi connectivity index (χ2v) is 5.36. The molecule has 2 aromatic carbocycles. The first-order valence-corrected chi connectivity index (χ1v) is 7.78. The van der Waals surface area contributed by atoms with Crippen LogP contribution in [0.2, 0.25) is 0 Å². The number of nitrogens with zero attached hydrogens (tertiary/aromatic N) is 1. The average molecular weight is 322 g/mol. The molecule has 1 fully saturated rings. The van der Waals surface area contributed by atoms with Crippen LogP contribution >= 0.6 is 0 Å². The third kappa shape index (κ3) is 3.46. The van der Waals surface area contributed by atoms with Crippen LogP contribution in [0, 0.1) is 0 Å². The zero-order valence-electron chi connectivity index (χ0n) is 13.4. The van der Waals surface area contributed by atoms with E-state index in [2.05, 4.69) is 5.32 Å². The van der Waals surface area contributed by atoms with Gasteiger partial charge in [0.25, 0.3) is 5.91 Å². The van der Waals surface area contributed by atoms with Crippen molar-refractivity contribution in [2.24, 2.45) is 0 Å². The van der Waals surface area contributed by atoms with E-state index < -0.39 is 6.03 Å². The first kappa shape index (κ1) is 15.8. The highest BCUT2D eigenvalue weighted by Gasteiger charge is 2.32. The molecule has 5 heteroatoms. The molecule has 1 aliphatic rings. The van der Waals surface area contributed by atoms with Gasteiger partial charge in [-0.1, -0.05) is 42.5 Å². The summed E-state index contributed by atoms with van der Waals surface area (Å²) in [6.45, 7) is 2.87. The fourth-order valence-electron chi connectivity index (χ4n) is 2.51. The molecule has 2 aromatic rings. The van der Waals surface area contributed by atoms with E-state index >= 15 is 0 Å². The normalized spacial score (nSPS) is 15.7. The van der Waals surface area contributed by atoms with Gasteiger partial charge in [-0.2, -0.15) is 0 Å². The summed E-state index contributed by atoms with van der Waals surface area (Å²) in [4.78, 5) is 25.6. The van der Waals surface area contributed by atoms with Crippen LogP contribution in [0.3, 0.4) is 0 Å². The van der Waals surface area contributed by atoms with E-state index in [1.165, 1.54) is 4.90 Å². The maximum Gasteiger partial charge on any atom is 0.329 e. The Kier molecular flexibility index (Phi) is 4.61. The van der Waals surface area contributed by atoms with Crippen molar-refractivity contribution in [3.05, 3.63) is 71.4 Å². The van der Waals surface area contributed by atoms with Gasteiger partial charge in [-0.15, -0.1) is 0 Å². The van der Waals surface area contributed by atoms with Crippen LogP contribution in [0.4, 0.5) is 4.79 Å². The lowest BCUT2D eigenvalue weighted by atomic mass is 10.1. The van der Waals surface area contributed by atoms with E-state index in [0.717, 1.165) is 16.9 Å². The molecule has 24 heavy (non-hydrogen) atoms. The van der Waals surface area contributed by atoms with Crippen molar-refractivity contribution >= 4 is 18.0 Å². The van der Waals surface area contributed by atoms with Crippen LogP contribution in [-0.2, 0) is 11.3 Å². The molecule has 0 radical (unpaired) electrons. The smallest absolute Gasteiger partial charge is 0.329 e. The van der Waals surface area contributed by atoms with Crippen LogP contribution in [-0.4, -0.2) is 23.4 Å². The summed E-state index contributed by atoms with van der Waals surface area (Å²) >= 11 is 0. The third-order valence-electron chi connectivity index (χ3n) is 3.67. The summed E-state index contributed by atoms with van der Waals surface area (Å²) in [7, 11) is 0. The fraction of sp³-hybridized carbons (Fsp3) is 0.158. The second-order valence-electron chi connectivity index (χ2n) is 5.36. The van der Waals surface area contributed by atoms with Gasteiger partial charge in [0, 0.05) is 0 Å². The minimum atomic E-state index is -0.402. The Morgan fingerprint density at radius 1 is 1.04 bits per heavy atom. The van der Waals surface area contributed by atoms with Gasteiger partial charge in [0.15, 0.2) is 0 Å². The van der Waals surface area contributed by atoms with E-state index in [-0.39, 0.29) is 5.91 Å². The van der Waals surface area contributed by atoms with Crippen LogP contribution < -0.4 is 10.1 Å². The lowest BCUT2D eigenvalue weighted by Crippen LogP contribution is -2.27. The van der Waals surface area contributed by atoms with Crippen molar-refractivity contribution in [3.63, 3.8) is 0 Å². The quantitative estimate of drug-likeness (QED) is 0.679. The zero-order chi connectivity index (χ0) is 16.9. The maximum atomic E-state index is 12.1. The monoisotopic (exact) mass is 322 g/mol.